The molecular weight excluding hydrogens is 260 g/mol. The fourth-order valence-corrected chi connectivity index (χ4v) is 2.15. The molecule has 2 aromatic rings. The first-order valence-corrected chi connectivity index (χ1v) is 6.09. The van der Waals surface area contributed by atoms with E-state index >= 15 is 0 Å². The van der Waals surface area contributed by atoms with Crippen molar-refractivity contribution in [2.75, 3.05) is 21.3 Å². The normalized spacial score (nSPS) is 10.4. The quantitative estimate of drug-likeness (QED) is 0.902. The number of phenolic OH excluding ortho intramolecular Hbond substituents is 1. The van der Waals surface area contributed by atoms with Gasteiger partial charge in [0.05, 0.1) is 21.3 Å². The summed E-state index contributed by atoms with van der Waals surface area (Å²) < 4.78 is 17.6. The third kappa shape index (κ3) is 2.64. The zero-order chi connectivity index (χ0) is 14.7. The van der Waals surface area contributed by atoms with E-state index in [0.717, 1.165) is 11.1 Å². The van der Waals surface area contributed by atoms with Crippen molar-refractivity contribution in [1.29, 1.82) is 0 Å². The summed E-state index contributed by atoms with van der Waals surface area (Å²) in [4.78, 5) is 0. The molecule has 0 aliphatic heterocycles. The van der Waals surface area contributed by atoms with Crippen LogP contribution < -0.4 is 14.2 Å². The largest absolute Gasteiger partial charge is 0.508 e. The van der Waals surface area contributed by atoms with Gasteiger partial charge in [-0.15, -0.1) is 5.10 Å². The van der Waals surface area contributed by atoms with E-state index in [1.165, 1.54) is 0 Å². The molecule has 1 aromatic carbocycles. The molecule has 108 valence electrons. The summed E-state index contributed by atoms with van der Waals surface area (Å²) in [6, 6.07) is 3.11. The molecule has 0 unspecified atom stereocenters. The topological polar surface area (TPSA) is 65.7 Å². The molecule has 20 heavy (non-hydrogen) atoms. The lowest BCUT2D eigenvalue weighted by Gasteiger charge is -2.13. The molecule has 0 atom stereocenters. The summed E-state index contributed by atoms with van der Waals surface area (Å²) in [5.74, 6) is 1.78. The van der Waals surface area contributed by atoms with E-state index in [1.807, 2.05) is 13.2 Å². The highest BCUT2D eigenvalue weighted by Crippen LogP contribution is 2.36. The molecular formula is C14H18N2O4. The Hall–Kier alpha value is -2.37. The Balaban J connectivity index is 2.46. The Labute approximate surface area is 117 Å². The number of methoxy groups -OCH3 is 3. The van der Waals surface area contributed by atoms with Gasteiger partial charge in [-0.3, -0.25) is 4.68 Å². The van der Waals surface area contributed by atoms with Crippen molar-refractivity contribution in [2.45, 2.75) is 6.42 Å². The lowest BCUT2D eigenvalue weighted by molar-refractivity contribution is 0.375. The van der Waals surface area contributed by atoms with Gasteiger partial charge in [0.2, 0.25) is 5.88 Å². The van der Waals surface area contributed by atoms with Gasteiger partial charge in [-0.1, -0.05) is 0 Å². The third-order valence-corrected chi connectivity index (χ3v) is 3.02. The van der Waals surface area contributed by atoms with Crippen molar-refractivity contribution >= 4 is 0 Å². The van der Waals surface area contributed by atoms with Gasteiger partial charge in [0.15, 0.2) is 0 Å². The van der Waals surface area contributed by atoms with Crippen LogP contribution in [0.1, 0.15) is 11.1 Å². The molecule has 0 radical (unpaired) electrons. The van der Waals surface area contributed by atoms with Gasteiger partial charge in [-0.2, -0.15) is 0 Å². The Kier molecular flexibility index (Phi) is 4.02. The molecule has 1 N–H and O–H groups in total. The number of aromatic hydroxyl groups is 1. The van der Waals surface area contributed by atoms with Crippen molar-refractivity contribution in [3.05, 3.63) is 29.5 Å². The van der Waals surface area contributed by atoms with Crippen LogP contribution in [0.2, 0.25) is 0 Å². The average molecular weight is 278 g/mol. The van der Waals surface area contributed by atoms with E-state index < -0.39 is 0 Å². The number of hydrogen-bond acceptors (Lipinski definition) is 5. The van der Waals surface area contributed by atoms with Crippen LogP contribution in [-0.4, -0.2) is 36.2 Å². The minimum absolute atomic E-state index is 0.0978. The van der Waals surface area contributed by atoms with Gasteiger partial charge in [0, 0.05) is 42.9 Å². The van der Waals surface area contributed by atoms with Gasteiger partial charge >= 0.3 is 0 Å². The van der Waals surface area contributed by atoms with Gasteiger partial charge in [-0.25, -0.2) is 0 Å². The second-order valence-corrected chi connectivity index (χ2v) is 4.34. The fraction of sp³-hybridized carbons (Fsp3) is 0.357. The van der Waals surface area contributed by atoms with E-state index in [1.54, 1.807) is 38.1 Å². The van der Waals surface area contributed by atoms with Gasteiger partial charge in [0.25, 0.3) is 0 Å². The van der Waals surface area contributed by atoms with E-state index in [2.05, 4.69) is 5.10 Å². The predicted octanol–water partition coefficient (Wildman–Crippen LogP) is 1.74. The first kappa shape index (κ1) is 14.0. The van der Waals surface area contributed by atoms with E-state index in [9.17, 15) is 5.11 Å². The van der Waals surface area contributed by atoms with Crippen LogP contribution in [-0.2, 0) is 13.5 Å². The number of hydrogen-bond donors (Lipinski definition) is 1. The van der Waals surface area contributed by atoms with Crippen molar-refractivity contribution in [2.24, 2.45) is 7.05 Å². The molecule has 0 spiro atoms. The highest BCUT2D eigenvalue weighted by atomic mass is 16.5. The van der Waals surface area contributed by atoms with Crippen LogP contribution in [0.15, 0.2) is 18.3 Å². The van der Waals surface area contributed by atoms with Crippen molar-refractivity contribution in [3.63, 3.8) is 0 Å². The zero-order valence-corrected chi connectivity index (χ0v) is 12.0. The first-order valence-electron chi connectivity index (χ1n) is 6.09. The predicted molar refractivity (Wildman–Crippen MR) is 73.8 cm³/mol. The summed E-state index contributed by atoms with van der Waals surface area (Å²) in [5.41, 5.74) is 1.75. The Morgan fingerprint density at radius 3 is 2.20 bits per heavy atom. The maximum absolute atomic E-state index is 9.65. The SMILES string of the molecule is COc1cc(O)cc(OC)c1Cc1cn(C)nc1OC. The monoisotopic (exact) mass is 278 g/mol. The summed E-state index contributed by atoms with van der Waals surface area (Å²) in [5, 5.41) is 13.9. The minimum Gasteiger partial charge on any atom is -0.508 e. The number of rotatable bonds is 5. The molecule has 0 aliphatic rings. The summed E-state index contributed by atoms with van der Waals surface area (Å²) in [7, 11) is 6.52. The highest BCUT2D eigenvalue weighted by Gasteiger charge is 2.17. The van der Waals surface area contributed by atoms with Crippen LogP contribution in [0, 0.1) is 0 Å². The molecule has 0 fully saturated rings. The molecule has 1 heterocycles. The lowest BCUT2D eigenvalue weighted by Crippen LogP contribution is -1.99. The minimum atomic E-state index is 0.0978. The number of nitrogens with zero attached hydrogens (tertiary/aromatic N) is 2. The van der Waals surface area contributed by atoms with Gasteiger partial charge in [-0.05, 0) is 0 Å². The zero-order valence-electron chi connectivity index (χ0n) is 12.0. The first-order chi connectivity index (χ1) is 9.58. The van der Waals surface area contributed by atoms with Crippen LogP contribution in [0.3, 0.4) is 0 Å². The molecule has 0 aliphatic carbocycles. The standard InChI is InChI=1S/C14H18N2O4/c1-16-8-9(14(15-16)20-4)5-11-12(18-2)6-10(17)7-13(11)19-3/h6-8,17H,5H2,1-4H3. The van der Waals surface area contributed by atoms with Crippen molar-refractivity contribution in [3.8, 4) is 23.1 Å². The summed E-state index contributed by atoms with van der Waals surface area (Å²) in [6.07, 6.45) is 2.41. The molecule has 0 amide bonds. The molecule has 6 nitrogen and oxygen atoms in total. The van der Waals surface area contributed by atoms with Crippen LogP contribution in [0.25, 0.3) is 0 Å². The molecule has 0 bridgehead atoms. The second kappa shape index (κ2) is 5.73. The van der Waals surface area contributed by atoms with Crippen LogP contribution in [0.5, 0.6) is 23.1 Å². The van der Waals surface area contributed by atoms with Crippen LogP contribution >= 0.6 is 0 Å². The number of benzene rings is 1. The molecule has 1 aromatic heterocycles. The summed E-state index contributed by atoms with van der Waals surface area (Å²) >= 11 is 0. The lowest BCUT2D eigenvalue weighted by atomic mass is 10.0. The van der Waals surface area contributed by atoms with Crippen molar-refractivity contribution in [1.82, 2.24) is 9.78 Å². The third-order valence-electron chi connectivity index (χ3n) is 3.02. The summed E-state index contributed by atoms with van der Waals surface area (Å²) in [6.45, 7) is 0. The number of aryl methyl sites for hydroxylation is 1. The smallest absolute Gasteiger partial charge is 0.236 e. The van der Waals surface area contributed by atoms with E-state index in [4.69, 9.17) is 14.2 Å². The Morgan fingerprint density at radius 2 is 1.70 bits per heavy atom. The fourth-order valence-electron chi connectivity index (χ4n) is 2.15. The van der Waals surface area contributed by atoms with Gasteiger partial charge in [0.1, 0.15) is 17.2 Å². The second-order valence-electron chi connectivity index (χ2n) is 4.34. The Bertz CT molecular complexity index is 582. The van der Waals surface area contributed by atoms with E-state index in [0.29, 0.717) is 23.8 Å². The number of ether oxygens (including phenoxy) is 3. The maximum Gasteiger partial charge on any atom is 0.236 e. The highest BCUT2D eigenvalue weighted by molar-refractivity contribution is 5.52. The van der Waals surface area contributed by atoms with Crippen LogP contribution in [0.4, 0.5) is 0 Å². The molecule has 2 rings (SSSR count). The molecule has 0 saturated heterocycles. The maximum atomic E-state index is 9.65. The Morgan fingerprint density at radius 1 is 1.10 bits per heavy atom. The number of phenols is 1. The van der Waals surface area contributed by atoms with E-state index in [-0.39, 0.29) is 5.75 Å². The average Bonchev–Trinajstić information content (AvgIpc) is 2.80. The number of aromatic nitrogens is 2. The van der Waals surface area contributed by atoms with Gasteiger partial charge < -0.3 is 19.3 Å². The van der Waals surface area contributed by atoms with Crippen molar-refractivity contribution < 1.29 is 19.3 Å². The molecule has 6 heteroatoms. The molecule has 0 saturated carbocycles.